The molecule has 3 aromatic rings. The van der Waals surface area contributed by atoms with E-state index in [4.69, 9.17) is 0 Å². The Hall–Kier alpha value is -3.65. The van der Waals surface area contributed by atoms with Gasteiger partial charge < -0.3 is 10.2 Å². The van der Waals surface area contributed by atoms with Crippen LogP contribution in [0.1, 0.15) is 37.5 Å². The fourth-order valence-corrected chi connectivity index (χ4v) is 5.62. The van der Waals surface area contributed by atoms with Crippen LogP contribution < -0.4 is 9.62 Å². The maximum atomic E-state index is 13.9. The summed E-state index contributed by atoms with van der Waals surface area (Å²) in [6.07, 6.45) is 0. The number of carbonyl (C=O) groups is 2. The van der Waals surface area contributed by atoms with Gasteiger partial charge in [0.2, 0.25) is 11.8 Å². The Labute approximate surface area is 226 Å². The molecule has 2 amide bonds. The number of carbonyl (C=O) groups excluding carboxylic acids is 2. The third-order valence-electron chi connectivity index (χ3n) is 6.28. The third kappa shape index (κ3) is 7.22. The number of benzene rings is 3. The van der Waals surface area contributed by atoms with Gasteiger partial charge in [0.1, 0.15) is 12.6 Å². The summed E-state index contributed by atoms with van der Waals surface area (Å²) in [5.41, 5.74) is 3.01. The Morgan fingerprint density at radius 2 is 1.53 bits per heavy atom. The zero-order valence-corrected chi connectivity index (χ0v) is 23.5. The number of anilines is 1. The van der Waals surface area contributed by atoms with Crippen molar-refractivity contribution in [1.82, 2.24) is 10.2 Å². The number of sulfonamides is 1. The van der Waals surface area contributed by atoms with Crippen molar-refractivity contribution in [3.05, 3.63) is 95.6 Å². The van der Waals surface area contributed by atoms with Crippen molar-refractivity contribution in [2.24, 2.45) is 5.92 Å². The molecule has 202 valence electrons. The van der Waals surface area contributed by atoms with Gasteiger partial charge >= 0.3 is 0 Å². The van der Waals surface area contributed by atoms with Crippen LogP contribution in [0.3, 0.4) is 0 Å². The Morgan fingerprint density at radius 3 is 2.16 bits per heavy atom. The zero-order chi connectivity index (χ0) is 27.9. The highest BCUT2D eigenvalue weighted by Crippen LogP contribution is 2.27. The molecule has 0 spiro atoms. The first kappa shape index (κ1) is 28.9. The molecule has 0 heterocycles. The van der Waals surface area contributed by atoms with Crippen LogP contribution in [0.2, 0.25) is 0 Å². The second kappa shape index (κ2) is 12.7. The van der Waals surface area contributed by atoms with Crippen LogP contribution in [-0.4, -0.2) is 44.3 Å². The quantitative estimate of drug-likeness (QED) is 0.386. The number of rotatable bonds is 11. The summed E-state index contributed by atoms with van der Waals surface area (Å²) in [4.78, 5) is 28.5. The number of para-hydroxylation sites is 1. The summed E-state index contributed by atoms with van der Waals surface area (Å²) in [6.45, 7) is 9.63. The van der Waals surface area contributed by atoms with E-state index in [1.807, 2.05) is 51.1 Å². The predicted molar refractivity (Wildman–Crippen MR) is 151 cm³/mol. The van der Waals surface area contributed by atoms with Crippen LogP contribution in [0.25, 0.3) is 0 Å². The number of nitrogens with zero attached hydrogens (tertiary/aromatic N) is 2. The minimum Gasteiger partial charge on any atom is -0.354 e. The second-order valence-electron chi connectivity index (χ2n) is 9.94. The molecule has 3 rings (SSSR count). The van der Waals surface area contributed by atoms with Crippen molar-refractivity contribution in [1.29, 1.82) is 0 Å². The lowest BCUT2D eigenvalue weighted by molar-refractivity contribution is -0.139. The molecule has 0 aliphatic heterocycles. The van der Waals surface area contributed by atoms with E-state index < -0.39 is 28.5 Å². The van der Waals surface area contributed by atoms with Gasteiger partial charge in [0, 0.05) is 13.1 Å². The first-order valence-electron chi connectivity index (χ1n) is 12.8. The van der Waals surface area contributed by atoms with Crippen LogP contribution in [0.15, 0.2) is 83.8 Å². The van der Waals surface area contributed by atoms with Gasteiger partial charge in [-0.25, -0.2) is 8.42 Å². The SMILES string of the molecule is Cc1cccc(CN(C(=O)CN(c2ccccc2C)S(=O)(=O)c2ccccc2)C(C)C(=O)NCC(C)C)c1. The van der Waals surface area contributed by atoms with Crippen LogP contribution in [-0.2, 0) is 26.2 Å². The highest BCUT2D eigenvalue weighted by Gasteiger charge is 2.33. The fourth-order valence-electron chi connectivity index (χ4n) is 4.12. The lowest BCUT2D eigenvalue weighted by Crippen LogP contribution is -2.51. The lowest BCUT2D eigenvalue weighted by Gasteiger charge is -2.32. The minimum atomic E-state index is -4.07. The van der Waals surface area contributed by atoms with Crippen molar-refractivity contribution in [2.75, 3.05) is 17.4 Å². The maximum absolute atomic E-state index is 13.9. The molecule has 0 fully saturated rings. The molecule has 0 aliphatic rings. The molecule has 0 bridgehead atoms. The van der Waals surface area contributed by atoms with Gasteiger partial charge in [0.25, 0.3) is 10.0 Å². The minimum absolute atomic E-state index is 0.0870. The molecule has 0 radical (unpaired) electrons. The van der Waals surface area contributed by atoms with E-state index in [0.717, 1.165) is 15.4 Å². The smallest absolute Gasteiger partial charge is 0.264 e. The number of hydrogen-bond acceptors (Lipinski definition) is 4. The molecular formula is C30H37N3O4S. The van der Waals surface area contributed by atoms with E-state index in [2.05, 4.69) is 5.32 Å². The molecule has 7 nitrogen and oxygen atoms in total. The van der Waals surface area contributed by atoms with Gasteiger partial charge in [-0.3, -0.25) is 13.9 Å². The average molecular weight is 536 g/mol. The van der Waals surface area contributed by atoms with Crippen molar-refractivity contribution in [2.45, 2.75) is 52.1 Å². The molecule has 0 saturated carbocycles. The molecule has 1 N–H and O–H groups in total. The summed E-state index contributed by atoms with van der Waals surface area (Å²) in [5, 5.41) is 2.90. The largest absolute Gasteiger partial charge is 0.354 e. The van der Waals surface area contributed by atoms with Gasteiger partial charge in [-0.2, -0.15) is 0 Å². The molecule has 3 aromatic carbocycles. The highest BCUT2D eigenvalue weighted by molar-refractivity contribution is 7.92. The maximum Gasteiger partial charge on any atom is 0.264 e. The van der Waals surface area contributed by atoms with E-state index >= 15 is 0 Å². The van der Waals surface area contributed by atoms with Crippen LogP contribution >= 0.6 is 0 Å². The van der Waals surface area contributed by atoms with E-state index in [-0.39, 0.29) is 23.3 Å². The Kier molecular flexibility index (Phi) is 9.69. The van der Waals surface area contributed by atoms with Crippen LogP contribution in [0.5, 0.6) is 0 Å². The predicted octanol–water partition coefficient (Wildman–Crippen LogP) is 4.69. The second-order valence-corrected chi connectivity index (χ2v) is 11.8. The van der Waals surface area contributed by atoms with Crippen LogP contribution in [0.4, 0.5) is 5.69 Å². The van der Waals surface area contributed by atoms with Crippen molar-refractivity contribution in [3.63, 3.8) is 0 Å². The summed E-state index contributed by atoms with van der Waals surface area (Å²) < 4.78 is 28.7. The topological polar surface area (TPSA) is 86.8 Å². The Balaban J connectivity index is 2.01. The van der Waals surface area contributed by atoms with Crippen molar-refractivity contribution in [3.8, 4) is 0 Å². The van der Waals surface area contributed by atoms with Gasteiger partial charge in [0.05, 0.1) is 10.6 Å². The number of hydrogen-bond donors (Lipinski definition) is 1. The van der Waals surface area contributed by atoms with Gasteiger partial charge in [-0.1, -0.05) is 80.1 Å². The van der Waals surface area contributed by atoms with Crippen molar-refractivity contribution >= 4 is 27.5 Å². The summed E-state index contributed by atoms with van der Waals surface area (Å²) in [6, 6.07) is 22.0. The van der Waals surface area contributed by atoms with Gasteiger partial charge in [0.15, 0.2) is 0 Å². The molecule has 0 aromatic heterocycles. The normalized spacial score (nSPS) is 12.2. The molecule has 8 heteroatoms. The van der Waals surface area contributed by atoms with E-state index in [1.54, 1.807) is 50.2 Å². The third-order valence-corrected chi connectivity index (χ3v) is 8.06. The fraction of sp³-hybridized carbons (Fsp3) is 0.333. The number of nitrogens with one attached hydrogen (secondary N) is 1. The molecular weight excluding hydrogens is 498 g/mol. The summed E-state index contributed by atoms with van der Waals surface area (Å²) in [7, 11) is -4.07. The average Bonchev–Trinajstić information content (AvgIpc) is 2.89. The zero-order valence-electron chi connectivity index (χ0n) is 22.7. The molecule has 1 unspecified atom stereocenters. The summed E-state index contributed by atoms with van der Waals surface area (Å²) >= 11 is 0. The lowest BCUT2D eigenvalue weighted by atomic mass is 10.1. The van der Waals surface area contributed by atoms with Gasteiger partial charge in [-0.05, 0) is 56.0 Å². The monoisotopic (exact) mass is 535 g/mol. The number of amides is 2. The molecule has 1 atom stereocenters. The molecule has 0 saturated heterocycles. The van der Waals surface area contributed by atoms with Gasteiger partial charge in [-0.15, -0.1) is 0 Å². The molecule has 38 heavy (non-hydrogen) atoms. The van der Waals surface area contributed by atoms with Crippen molar-refractivity contribution < 1.29 is 18.0 Å². The summed E-state index contributed by atoms with van der Waals surface area (Å²) in [5.74, 6) is -0.505. The molecule has 0 aliphatic carbocycles. The van der Waals surface area contributed by atoms with E-state index in [1.165, 1.54) is 17.0 Å². The van der Waals surface area contributed by atoms with E-state index in [9.17, 15) is 18.0 Å². The number of aryl methyl sites for hydroxylation is 2. The first-order chi connectivity index (χ1) is 18.0. The Bertz CT molecular complexity index is 1360. The van der Waals surface area contributed by atoms with Crippen LogP contribution in [0, 0.1) is 19.8 Å². The first-order valence-corrected chi connectivity index (χ1v) is 14.2. The van der Waals surface area contributed by atoms with E-state index in [0.29, 0.717) is 17.8 Å². The Morgan fingerprint density at radius 1 is 0.868 bits per heavy atom. The highest BCUT2D eigenvalue weighted by atomic mass is 32.2. The standard InChI is InChI=1S/C30H37N3O4S/c1-22(2)19-31-30(35)25(5)32(20-26-14-11-12-23(3)18-26)29(34)21-33(28-17-10-9-13-24(28)4)38(36,37)27-15-7-6-8-16-27/h6-18,22,25H,19-21H2,1-5H3,(H,31,35).